The Hall–Kier alpha value is -2.50. The maximum absolute atomic E-state index is 12.9. The van der Waals surface area contributed by atoms with E-state index < -0.39 is 11.7 Å². The molecule has 0 aliphatic rings. The van der Waals surface area contributed by atoms with Crippen LogP contribution in [0, 0.1) is 0 Å². The molecule has 128 valence electrons. The number of halogens is 3. The molecule has 0 heterocycles. The highest BCUT2D eigenvalue weighted by atomic mass is 19.4. The minimum absolute atomic E-state index is 0.129. The highest BCUT2D eigenvalue weighted by Gasteiger charge is 2.32. The van der Waals surface area contributed by atoms with Gasteiger partial charge in [0.05, 0.1) is 19.1 Å². The van der Waals surface area contributed by atoms with Gasteiger partial charge in [0.1, 0.15) is 5.75 Å². The van der Waals surface area contributed by atoms with Crippen molar-refractivity contribution in [3.8, 4) is 5.75 Å². The van der Waals surface area contributed by atoms with Gasteiger partial charge in [0.15, 0.2) is 0 Å². The molecule has 0 aromatic heterocycles. The number of carbonyl (C=O) groups excluding carboxylic acids is 1. The van der Waals surface area contributed by atoms with E-state index in [1.165, 1.54) is 12.1 Å². The molecule has 24 heavy (non-hydrogen) atoms. The van der Waals surface area contributed by atoms with Gasteiger partial charge in [0.25, 0.3) is 0 Å². The third-order valence-electron chi connectivity index (χ3n) is 3.56. The van der Waals surface area contributed by atoms with E-state index in [0.717, 1.165) is 11.6 Å². The molecule has 0 saturated carbocycles. The predicted molar refractivity (Wildman–Crippen MR) is 84.9 cm³/mol. The van der Waals surface area contributed by atoms with Crippen LogP contribution in [0.2, 0.25) is 0 Å². The molecule has 3 nitrogen and oxygen atoms in total. The van der Waals surface area contributed by atoms with E-state index in [9.17, 15) is 18.0 Å². The molecule has 0 spiro atoms. The minimum Gasteiger partial charge on any atom is -0.497 e. The van der Waals surface area contributed by atoms with Crippen molar-refractivity contribution in [1.82, 2.24) is 5.32 Å². The van der Waals surface area contributed by atoms with Crippen LogP contribution in [0.5, 0.6) is 5.75 Å². The average Bonchev–Trinajstić information content (AvgIpc) is 2.55. The molecular formula is C18H18F3NO2. The molecule has 0 fully saturated rings. The lowest BCUT2D eigenvalue weighted by Gasteiger charge is -2.13. The lowest BCUT2D eigenvalue weighted by Crippen LogP contribution is -2.27. The molecule has 0 radical (unpaired) electrons. The van der Waals surface area contributed by atoms with E-state index in [0.29, 0.717) is 5.75 Å². The molecule has 6 heteroatoms. The van der Waals surface area contributed by atoms with Crippen molar-refractivity contribution in [1.29, 1.82) is 0 Å². The van der Waals surface area contributed by atoms with Crippen LogP contribution in [0.4, 0.5) is 13.2 Å². The Labute approximate surface area is 138 Å². The summed E-state index contributed by atoms with van der Waals surface area (Å²) in [5.41, 5.74) is 0.327. The van der Waals surface area contributed by atoms with Crippen LogP contribution < -0.4 is 10.1 Å². The Bertz CT molecular complexity index is 681. The summed E-state index contributed by atoms with van der Waals surface area (Å²) in [7, 11) is 1.56. The summed E-state index contributed by atoms with van der Waals surface area (Å²) in [5, 5.41) is 2.65. The van der Waals surface area contributed by atoms with Gasteiger partial charge in [-0.05, 0) is 35.7 Å². The zero-order valence-corrected chi connectivity index (χ0v) is 13.2. The smallest absolute Gasteiger partial charge is 0.416 e. The molecule has 0 saturated heterocycles. The van der Waals surface area contributed by atoms with Crippen LogP contribution in [-0.2, 0) is 23.8 Å². The first-order valence-corrected chi connectivity index (χ1v) is 7.45. The van der Waals surface area contributed by atoms with Crippen molar-refractivity contribution in [2.45, 2.75) is 19.0 Å². The van der Waals surface area contributed by atoms with Crippen molar-refractivity contribution in [3.05, 3.63) is 65.2 Å². The monoisotopic (exact) mass is 337 g/mol. The summed E-state index contributed by atoms with van der Waals surface area (Å²) in [4.78, 5) is 11.9. The van der Waals surface area contributed by atoms with E-state index in [2.05, 4.69) is 5.32 Å². The quantitative estimate of drug-likeness (QED) is 0.874. The second-order valence-electron chi connectivity index (χ2n) is 5.28. The van der Waals surface area contributed by atoms with E-state index in [1.807, 2.05) is 0 Å². The summed E-state index contributed by atoms with van der Waals surface area (Å²) >= 11 is 0. The fraction of sp³-hybridized carbons (Fsp3) is 0.278. The van der Waals surface area contributed by atoms with E-state index in [4.69, 9.17) is 4.74 Å². The molecule has 0 bridgehead atoms. The summed E-state index contributed by atoms with van der Waals surface area (Å²) in [5.74, 6) is 0.465. The average molecular weight is 337 g/mol. The minimum atomic E-state index is -4.39. The lowest BCUT2D eigenvalue weighted by atomic mass is 10.0. The van der Waals surface area contributed by atoms with Gasteiger partial charge in [-0.15, -0.1) is 0 Å². The van der Waals surface area contributed by atoms with Crippen LogP contribution in [0.3, 0.4) is 0 Å². The van der Waals surface area contributed by atoms with Gasteiger partial charge >= 0.3 is 6.18 Å². The summed E-state index contributed by atoms with van der Waals surface area (Å²) in [6.07, 6.45) is -4.08. The van der Waals surface area contributed by atoms with Crippen LogP contribution in [-0.4, -0.2) is 19.6 Å². The zero-order chi connectivity index (χ0) is 17.6. The second kappa shape index (κ2) is 7.86. The first kappa shape index (κ1) is 17.8. The summed E-state index contributed by atoms with van der Waals surface area (Å²) in [6.45, 7) is 0.155. The first-order valence-electron chi connectivity index (χ1n) is 7.45. The number of methoxy groups -OCH3 is 1. The highest BCUT2D eigenvalue weighted by Crippen LogP contribution is 2.31. The number of alkyl halides is 3. The highest BCUT2D eigenvalue weighted by molar-refractivity contribution is 5.78. The lowest BCUT2D eigenvalue weighted by molar-refractivity contribution is -0.138. The fourth-order valence-corrected chi connectivity index (χ4v) is 2.34. The van der Waals surface area contributed by atoms with E-state index in [-0.39, 0.29) is 30.9 Å². The number of hydrogen-bond acceptors (Lipinski definition) is 2. The largest absolute Gasteiger partial charge is 0.497 e. The number of amides is 1. The molecule has 0 aliphatic carbocycles. The predicted octanol–water partition coefficient (Wildman–Crippen LogP) is 3.62. The first-order chi connectivity index (χ1) is 11.4. The molecular weight excluding hydrogens is 319 g/mol. The molecule has 2 rings (SSSR count). The number of rotatable bonds is 6. The summed E-state index contributed by atoms with van der Waals surface area (Å²) < 4.78 is 43.7. The third kappa shape index (κ3) is 5.01. The van der Waals surface area contributed by atoms with Crippen molar-refractivity contribution in [2.75, 3.05) is 13.7 Å². The van der Waals surface area contributed by atoms with Gasteiger partial charge in [-0.3, -0.25) is 4.79 Å². The molecule has 2 aromatic rings. The molecule has 2 aromatic carbocycles. The Morgan fingerprint density at radius 2 is 1.75 bits per heavy atom. The Morgan fingerprint density at radius 1 is 1.08 bits per heavy atom. The molecule has 0 aliphatic heterocycles. The van der Waals surface area contributed by atoms with Crippen LogP contribution in [0.25, 0.3) is 0 Å². The second-order valence-corrected chi connectivity index (χ2v) is 5.28. The van der Waals surface area contributed by atoms with Gasteiger partial charge in [0, 0.05) is 6.54 Å². The Balaban J connectivity index is 1.87. The van der Waals surface area contributed by atoms with Gasteiger partial charge in [0.2, 0.25) is 5.91 Å². The van der Waals surface area contributed by atoms with Crippen LogP contribution in [0.15, 0.2) is 48.5 Å². The van der Waals surface area contributed by atoms with Gasteiger partial charge in [-0.2, -0.15) is 13.2 Å². The number of ether oxygens (including phenoxy) is 1. The molecule has 0 unspecified atom stereocenters. The van der Waals surface area contributed by atoms with Gasteiger partial charge in [-0.1, -0.05) is 30.3 Å². The molecule has 1 amide bonds. The van der Waals surface area contributed by atoms with E-state index >= 15 is 0 Å². The van der Waals surface area contributed by atoms with Gasteiger partial charge < -0.3 is 10.1 Å². The van der Waals surface area contributed by atoms with Crippen molar-refractivity contribution in [3.63, 3.8) is 0 Å². The van der Waals surface area contributed by atoms with Gasteiger partial charge in [-0.25, -0.2) is 0 Å². The maximum Gasteiger partial charge on any atom is 0.416 e. The third-order valence-corrected chi connectivity index (χ3v) is 3.56. The SMILES string of the molecule is COc1ccc(CC(=O)NCCc2ccccc2C(F)(F)F)cc1. The Morgan fingerprint density at radius 3 is 2.38 bits per heavy atom. The van der Waals surface area contributed by atoms with Crippen molar-refractivity contribution in [2.24, 2.45) is 0 Å². The van der Waals surface area contributed by atoms with Crippen molar-refractivity contribution >= 4 is 5.91 Å². The fourth-order valence-electron chi connectivity index (χ4n) is 2.34. The number of hydrogen-bond donors (Lipinski definition) is 1. The molecule has 1 N–H and O–H groups in total. The number of benzene rings is 2. The molecule has 0 atom stereocenters. The standard InChI is InChI=1S/C18H18F3NO2/c1-24-15-8-6-13(7-9-15)12-17(23)22-11-10-14-4-2-3-5-16(14)18(19,20)21/h2-9H,10-12H2,1H3,(H,22,23). The van der Waals surface area contributed by atoms with E-state index in [1.54, 1.807) is 37.4 Å². The number of nitrogens with one attached hydrogen (secondary N) is 1. The van der Waals surface area contributed by atoms with Crippen LogP contribution in [0.1, 0.15) is 16.7 Å². The number of carbonyl (C=O) groups is 1. The van der Waals surface area contributed by atoms with Crippen molar-refractivity contribution < 1.29 is 22.7 Å². The Kier molecular flexibility index (Phi) is 5.84. The zero-order valence-electron chi connectivity index (χ0n) is 13.2. The van der Waals surface area contributed by atoms with Crippen LogP contribution >= 0.6 is 0 Å². The topological polar surface area (TPSA) is 38.3 Å². The maximum atomic E-state index is 12.9. The normalized spacial score (nSPS) is 11.2. The summed E-state index contributed by atoms with van der Waals surface area (Å²) in [6, 6.07) is 12.4.